The van der Waals surface area contributed by atoms with Gasteiger partial charge in [0.1, 0.15) is 12.4 Å². The molecule has 1 amide bonds. The molecule has 2 rings (SSSR count). The molecule has 35 heavy (non-hydrogen) atoms. The van der Waals surface area contributed by atoms with E-state index in [2.05, 4.69) is 16.9 Å². The first-order valence-corrected chi connectivity index (χ1v) is 10.9. The number of carbonyl (C=O) groups excluding carboxylic acids is 1. The highest BCUT2D eigenvalue weighted by molar-refractivity contribution is 6.18. The maximum Gasteiger partial charge on any atom is 0.336 e. The third-order valence-electron chi connectivity index (χ3n) is 4.93. The standard InChI is InChI=1S/C25H31N3O7/c1-16(25(31)32)17(2)28-20-6-4-7-21(19(20)15-26)35-13-10-27-24(30)18-8-9-22(33-3)23(14-18)34-12-5-11-29/h4,6-9,14,29H,1,5,10-13,15,26H2,2-3H3,(H,27,30)(H,31,32). The van der Waals surface area contributed by atoms with E-state index in [1.54, 1.807) is 43.3 Å². The molecular weight excluding hydrogens is 454 g/mol. The maximum absolute atomic E-state index is 12.6. The molecule has 10 heteroatoms. The fraction of sp³-hybridized carbons (Fsp3) is 0.320. The van der Waals surface area contributed by atoms with Crippen molar-refractivity contribution in [3.63, 3.8) is 0 Å². The highest BCUT2D eigenvalue weighted by atomic mass is 16.5. The summed E-state index contributed by atoms with van der Waals surface area (Å²) in [6.07, 6.45) is 0.460. The quantitative estimate of drug-likeness (QED) is 0.181. The Morgan fingerprint density at radius 1 is 1.11 bits per heavy atom. The van der Waals surface area contributed by atoms with E-state index in [4.69, 9.17) is 30.2 Å². The van der Waals surface area contributed by atoms with E-state index in [-0.39, 0.29) is 43.5 Å². The van der Waals surface area contributed by atoms with E-state index in [0.29, 0.717) is 47.1 Å². The lowest BCUT2D eigenvalue weighted by Crippen LogP contribution is -2.28. The van der Waals surface area contributed by atoms with Crippen molar-refractivity contribution >= 4 is 23.3 Å². The number of methoxy groups -OCH3 is 1. The van der Waals surface area contributed by atoms with Crippen molar-refractivity contribution in [1.82, 2.24) is 5.32 Å². The SMILES string of the molecule is C=C(C(=O)O)C(C)=Nc1cccc(OCCNC(=O)c2ccc(OC)c(OCCCO)c2)c1CN. The van der Waals surface area contributed by atoms with Crippen LogP contribution in [0.3, 0.4) is 0 Å². The predicted octanol–water partition coefficient (Wildman–Crippen LogP) is 2.46. The predicted molar refractivity (Wildman–Crippen MR) is 132 cm³/mol. The van der Waals surface area contributed by atoms with Gasteiger partial charge in [-0.15, -0.1) is 0 Å². The number of hydrogen-bond acceptors (Lipinski definition) is 8. The van der Waals surface area contributed by atoms with E-state index in [1.165, 1.54) is 7.11 Å². The van der Waals surface area contributed by atoms with Gasteiger partial charge in [0.05, 0.1) is 37.2 Å². The molecule has 0 unspecified atom stereocenters. The lowest BCUT2D eigenvalue weighted by molar-refractivity contribution is -0.132. The largest absolute Gasteiger partial charge is 0.493 e. The highest BCUT2D eigenvalue weighted by Crippen LogP contribution is 2.30. The average molecular weight is 486 g/mol. The minimum Gasteiger partial charge on any atom is -0.493 e. The summed E-state index contributed by atoms with van der Waals surface area (Å²) in [5, 5.41) is 20.8. The molecule has 0 spiro atoms. The molecule has 0 heterocycles. The van der Waals surface area contributed by atoms with Crippen molar-refractivity contribution in [3.8, 4) is 17.2 Å². The molecular formula is C25H31N3O7. The molecule has 0 aliphatic heterocycles. The minimum absolute atomic E-state index is 0.000848. The number of aliphatic hydroxyl groups excluding tert-OH is 1. The molecule has 0 aliphatic carbocycles. The van der Waals surface area contributed by atoms with E-state index < -0.39 is 5.97 Å². The highest BCUT2D eigenvalue weighted by Gasteiger charge is 2.13. The van der Waals surface area contributed by atoms with Crippen molar-refractivity contribution in [1.29, 1.82) is 0 Å². The van der Waals surface area contributed by atoms with E-state index >= 15 is 0 Å². The van der Waals surface area contributed by atoms with Crippen LogP contribution in [0.15, 0.2) is 53.5 Å². The van der Waals surface area contributed by atoms with Crippen LogP contribution in [0.25, 0.3) is 0 Å². The van der Waals surface area contributed by atoms with E-state index in [1.807, 2.05) is 0 Å². The Morgan fingerprint density at radius 2 is 1.86 bits per heavy atom. The number of nitrogens with two attached hydrogens (primary N) is 1. The zero-order chi connectivity index (χ0) is 25.8. The topological polar surface area (TPSA) is 153 Å². The minimum atomic E-state index is -1.15. The lowest BCUT2D eigenvalue weighted by atomic mass is 10.1. The molecule has 0 saturated carbocycles. The van der Waals surface area contributed by atoms with Gasteiger partial charge < -0.3 is 35.5 Å². The van der Waals surface area contributed by atoms with Gasteiger partial charge in [-0.25, -0.2) is 4.79 Å². The van der Waals surface area contributed by atoms with E-state index in [9.17, 15) is 9.59 Å². The second kappa shape index (κ2) is 13.7. The van der Waals surface area contributed by atoms with E-state index in [0.717, 1.165) is 0 Å². The number of nitrogens with one attached hydrogen (secondary N) is 1. The molecule has 0 aliphatic rings. The molecule has 0 atom stereocenters. The van der Waals surface area contributed by atoms with Gasteiger partial charge in [-0.1, -0.05) is 12.6 Å². The lowest BCUT2D eigenvalue weighted by Gasteiger charge is -2.14. The summed E-state index contributed by atoms with van der Waals surface area (Å²) in [5.74, 6) is -0.0776. The zero-order valence-electron chi connectivity index (χ0n) is 19.9. The first-order chi connectivity index (χ1) is 16.8. The Kier molecular flexibility index (Phi) is 10.7. The Labute approximate surface area is 204 Å². The number of hydrogen-bond donors (Lipinski definition) is 4. The summed E-state index contributed by atoms with van der Waals surface area (Å²) in [6, 6.07) is 9.99. The Morgan fingerprint density at radius 3 is 2.51 bits per heavy atom. The first-order valence-electron chi connectivity index (χ1n) is 10.9. The number of carboxylic acids is 1. The smallest absolute Gasteiger partial charge is 0.336 e. The van der Waals surface area contributed by atoms with Gasteiger partial charge in [0.15, 0.2) is 11.5 Å². The molecule has 0 fully saturated rings. The van der Waals surface area contributed by atoms with Crippen molar-refractivity contribution in [2.24, 2.45) is 10.7 Å². The van der Waals surface area contributed by atoms with Crippen molar-refractivity contribution in [3.05, 3.63) is 59.7 Å². The zero-order valence-corrected chi connectivity index (χ0v) is 19.9. The third kappa shape index (κ3) is 7.83. The summed E-state index contributed by atoms with van der Waals surface area (Å²) in [6.45, 7) is 5.87. The monoisotopic (exact) mass is 485 g/mol. The van der Waals surface area contributed by atoms with Gasteiger partial charge in [-0.05, 0) is 37.3 Å². The molecule has 5 N–H and O–H groups in total. The van der Waals surface area contributed by atoms with Gasteiger partial charge >= 0.3 is 5.97 Å². The number of nitrogens with zero attached hydrogens (tertiary/aromatic N) is 1. The number of benzene rings is 2. The second-order valence-corrected chi connectivity index (χ2v) is 7.33. The number of amides is 1. The molecule has 0 bridgehead atoms. The van der Waals surface area contributed by atoms with Crippen LogP contribution in [-0.2, 0) is 11.3 Å². The van der Waals surface area contributed by atoms with Crippen molar-refractivity contribution in [2.75, 3.05) is 33.5 Å². The van der Waals surface area contributed by atoms with Crippen LogP contribution < -0.4 is 25.3 Å². The Balaban J connectivity index is 2.01. The molecule has 188 valence electrons. The molecule has 0 aromatic heterocycles. The molecule has 2 aromatic carbocycles. The van der Waals surface area contributed by atoms with Crippen LogP contribution in [0.5, 0.6) is 17.2 Å². The normalized spacial score (nSPS) is 11.0. The molecule has 2 aromatic rings. The summed E-state index contributed by atoms with van der Waals surface area (Å²) >= 11 is 0. The van der Waals surface area contributed by atoms with Crippen LogP contribution >= 0.6 is 0 Å². The Bertz CT molecular complexity index is 1080. The van der Waals surface area contributed by atoms with Crippen LogP contribution in [0, 0.1) is 0 Å². The number of aliphatic imine (C=N–C) groups is 1. The summed E-state index contributed by atoms with van der Waals surface area (Å²) < 4.78 is 16.6. The van der Waals surface area contributed by atoms with Crippen LogP contribution in [0.4, 0.5) is 5.69 Å². The molecule has 0 saturated heterocycles. The summed E-state index contributed by atoms with van der Waals surface area (Å²) in [5.41, 5.74) is 7.51. The number of carbonyl (C=O) groups is 2. The van der Waals surface area contributed by atoms with Gasteiger partial charge in [-0.3, -0.25) is 9.79 Å². The fourth-order valence-electron chi connectivity index (χ4n) is 3.01. The average Bonchev–Trinajstić information content (AvgIpc) is 2.86. The van der Waals surface area contributed by atoms with Gasteiger partial charge in [0.25, 0.3) is 5.91 Å². The van der Waals surface area contributed by atoms with Crippen LogP contribution in [-0.4, -0.2) is 61.3 Å². The van der Waals surface area contributed by atoms with Gasteiger partial charge in [0.2, 0.25) is 0 Å². The fourth-order valence-corrected chi connectivity index (χ4v) is 3.01. The molecule has 10 nitrogen and oxygen atoms in total. The van der Waals surface area contributed by atoms with Crippen molar-refractivity contribution < 1.29 is 34.0 Å². The second-order valence-electron chi connectivity index (χ2n) is 7.33. The summed E-state index contributed by atoms with van der Waals surface area (Å²) in [4.78, 5) is 28.0. The number of rotatable bonds is 14. The summed E-state index contributed by atoms with van der Waals surface area (Å²) in [7, 11) is 1.50. The number of carboxylic acid groups (broad SMARTS) is 1. The number of aliphatic carboxylic acids is 1. The number of aliphatic hydroxyl groups is 1. The van der Waals surface area contributed by atoms with Gasteiger partial charge in [-0.2, -0.15) is 0 Å². The first kappa shape index (κ1) is 27.4. The van der Waals surface area contributed by atoms with Crippen molar-refractivity contribution in [2.45, 2.75) is 19.9 Å². The molecule has 0 radical (unpaired) electrons. The van der Waals surface area contributed by atoms with Crippen LogP contribution in [0.1, 0.15) is 29.3 Å². The number of ether oxygens (including phenoxy) is 3. The Hall–Kier alpha value is -3.89. The van der Waals surface area contributed by atoms with Crippen LogP contribution in [0.2, 0.25) is 0 Å². The van der Waals surface area contributed by atoms with Gasteiger partial charge in [0, 0.05) is 30.7 Å². The maximum atomic E-state index is 12.6. The third-order valence-corrected chi connectivity index (χ3v) is 4.93.